The van der Waals surface area contributed by atoms with Crippen LogP contribution in [0.25, 0.3) is 0 Å². The van der Waals surface area contributed by atoms with Crippen LogP contribution >= 0.6 is 0 Å². The molecule has 1 unspecified atom stereocenters. The van der Waals surface area contributed by atoms with Crippen LogP contribution < -0.4 is 4.90 Å². The van der Waals surface area contributed by atoms with Gasteiger partial charge in [-0.3, -0.25) is 9.78 Å². The van der Waals surface area contributed by atoms with E-state index in [9.17, 15) is 13.6 Å². The number of hydrogen-bond donors (Lipinski definition) is 0. The van der Waals surface area contributed by atoms with E-state index in [2.05, 4.69) is 9.88 Å². The van der Waals surface area contributed by atoms with Crippen LogP contribution in [0.1, 0.15) is 31.0 Å². The van der Waals surface area contributed by atoms with Gasteiger partial charge in [-0.2, -0.15) is 0 Å². The van der Waals surface area contributed by atoms with Gasteiger partial charge >= 0.3 is 0 Å². The van der Waals surface area contributed by atoms with Crippen molar-refractivity contribution in [1.82, 2.24) is 9.88 Å². The van der Waals surface area contributed by atoms with Crippen LogP contribution in [-0.4, -0.2) is 53.7 Å². The Bertz CT molecular complexity index is 882. The second-order valence-corrected chi connectivity index (χ2v) is 8.20. The van der Waals surface area contributed by atoms with Crippen LogP contribution in [0, 0.1) is 5.82 Å². The summed E-state index contributed by atoms with van der Waals surface area (Å²) in [6, 6.07) is 10.1. The predicted molar refractivity (Wildman–Crippen MR) is 110 cm³/mol. The summed E-state index contributed by atoms with van der Waals surface area (Å²) in [5, 5.41) is 0. The van der Waals surface area contributed by atoms with Crippen LogP contribution in [-0.2, 0) is 22.6 Å². The Morgan fingerprint density at radius 1 is 1.20 bits per heavy atom. The zero-order valence-electron chi connectivity index (χ0n) is 17.2. The molecule has 5 nitrogen and oxygen atoms in total. The molecule has 2 aliphatic heterocycles. The summed E-state index contributed by atoms with van der Waals surface area (Å²) in [7, 11) is 0. The molecule has 2 saturated heterocycles. The van der Waals surface area contributed by atoms with Gasteiger partial charge in [-0.05, 0) is 49.9 Å². The number of likely N-dealkylation sites (tertiary alicyclic amines) is 1. The van der Waals surface area contributed by atoms with Gasteiger partial charge in [0.1, 0.15) is 18.6 Å². The van der Waals surface area contributed by atoms with Crippen molar-refractivity contribution >= 4 is 11.6 Å². The van der Waals surface area contributed by atoms with Crippen molar-refractivity contribution in [2.24, 2.45) is 0 Å². The van der Waals surface area contributed by atoms with Crippen molar-refractivity contribution in [2.75, 3.05) is 31.1 Å². The number of alkyl halides is 1. The third kappa shape index (κ3) is 4.37. The molecule has 1 aromatic heterocycles. The lowest BCUT2D eigenvalue weighted by Gasteiger charge is -2.49. The van der Waals surface area contributed by atoms with Crippen molar-refractivity contribution in [1.29, 1.82) is 0 Å². The molecule has 2 aromatic rings. The standard InChI is InChI=1S/C23H27F2N3O2/c1-17-22(29)28(21-5-3-2-4-20(21)25)16-23(30-17)9-12-27(13-10-23)11-8-18-6-7-19(14-24)26-15-18/h2-7,15,17H,8-14,16H2,1H3. The number of carbonyl (C=O) groups is 1. The Kier molecular flexibility index (Phi) is 6.11. The molecule has 0 N–H and O–H groups in total. The number of para-hydroxylation sites is 1. The Labute approximate surface area is 175 Å². The molecule has 1 aromatic carbocycles. The van der Waals surface area contributed by atoms with E-state index in [0.29, 0.717) is 17.9 Å². The highest BCUT2D eigenvalue weighted by atomic mass is 19.1. The molecule has 1 atom stereocenters. The first-order chi connectivity index (χ1) is 14.5. The topological polar surface area (TPSA) is 45.7 Å². The first-order valence-corrected chi connectivity index (χ1v) is 10.5. The minimum absolute atomic E-state index is 0.197. The third-order valence-electron chi connectivity index (χ3n) is 6.14. The van der Waals surface area contributed by atoms with E-state index in [0.717, 1.165) is 44.5 Å². The average Bonchev–Trinajstić information content (AvgIpc) is 2.77. The number of amides is 1. The van der Waals surface area contributed by atoms with Crippen molar-refractivity contribution in [3.63, 3.8) is 0 Å². The summed E-state index contributed by atoms with van der Waals surface area (Å²) in [5.74, 6) is -0.586. The first-order valence-electron chi connectivity index (χ1n) is 10.5. The van der Waals surface area contributed by atoms with E-state index in [4.69, 9.17) is 4.74 Å². The number of rotatable bonds is 5. The number of carbonyl (C=O) groups excluding carboxylic acids is 1. The Morgan fingerprint density at radius 3 is 2.63 bits per heavy atom. The van der Waals surface area contributed by atoms with E-state index in [1.807, 2.05) is 6.07 Å². The van der Waals surface area contributed by atoms with Crippen LogP contribution in [0.4, 0.5) is 14.5 Å². The van der Waals surface area contributed by atoms with Gasteiger partial charge in [-0.1, -0.05) is 18.2 Å². The number of halogens is 2. The summed E-state index contributed by atoms with van der Waals surface area (Å²) in [5.41, 5.74) is 1.42. The van der Waals surface area contributed by atoms with E-state index in [-0.39, 0.29) is 11.7 Å². The highest BCUT2D eigenvalue weighted by Gasteiger charge is 2.46. The number of benzene rings is 1. The largest absolute Gasteiger partial charge is 0.360 e. The lowest BCUT2D eigenvalue weighted by Crippen LogP contribution is -2.61. The summed E-state index contributed by atoms with van der Waals surface area (Å²) < 4.78 is 33.1. The number of piperidine rings is 1. The summed E-state index contributed by atoms with van der Waals surface area (Å²) in [4.78, 5) is 20.7. The molecule has 2 aliphatic rings. The number of nitrogens with zero attached hydrogens (tertiary/aromatic N) is 3. The van der Waals surface area contributed by atoms with E-state index >= 15 is 0 Å². The highest BCUT2D eigenvalue weighted by molar-refractivity contribution is 5.97. The average molecular weight is 415 g/mol. The monoisotopic (exact) mass is 415 g/mol. The van der Waals surface area contributed by atoms with Crippen molar-refractivity contribution < 1.29 is 18.3 Å². The SMILES string of the molecule is CC1OC2(CCN(CCc3ccc(CF)nc3)CC2)CN(c2ccccc2F)C1=O. The molecule has 0 radical (unpaired) electrons. The number of pyridine rings is 1. The quantitative estimate of drug-likeness (QED) is 0.750. The minimum Gasteiger partial charge on any atom is -0.360 e. The van der Waals surface area contributed by atoms with Crippen LogP contribution in [0.5, 0.6) is 0 Å². The third-order valence-corrected chi connectivity index (χ3v) is 6.14. The summed E-state index contributed by atoms with van der Waals surface area (Å²) in [6.07, 6.45) is 3.57. The van der Waals surface area contributed by atoms with Gasteiger partial charge in [0, 0.05) is 25.8 Å². The molecule has 160 valence electrons. The van der Waals surface area contributed by atoms with Gasteiger partial charge < -0.3 is 14.5 Å². The number of hydrogen-bond acceptors (Lipinski definition) is 4. The Balaban J connectivity index is 1.37. The molecule has 0 aliphatic carbocycles. The first kappa shape index (κ1) is 20.9. The summed E-state index contributed by atoms with van der Waals surface area (Å²) in [6.45, 7) is 4.17. The summed E-state index contributed by atoms with van der Waals surface area (Å²) >= 11 is 0. The maximum Gasteiger partial charge on any atom is 0.256 e. The molecule has 1 amide bonds. The molecule has 3 heterocycles. The van der Waals surface area contributed by atoms with E-state index in [1.54, 1.807) is 42.3 Å². The molecule has 4 rings (SSSR count). The van der Waals surface area contributed by atoms with E-state index < -0.39 is 18.4 Å². The van der Waals surface area contributed by atoms with Crippen molar-refractivity contribution in [2.45, 2.75) is 44.6 Å². The van der Waals surface area contributed by atoms with Crippen LogP contribution in [0.15, 0.2) is 42.6 Å². The Morgan fingerprint density at radius 2 is 1.97 bits per heavy atom. The molecule has 7 heteroatoms. The van der Waals surface area contributed by atoms with Gasteiger partial charge in [-0.15, -0.1) is 0 Å². The zero-order chi connectivity index (χ0) is 21.1. The molecule has 2 fully saturated rings. The Hall–Kier alpha value is -2.38. The van der Waals surface area contributed by atoms with Gasteiger partial charge in [0.05, 0.1) is 23.5 Å². The minimum atomic E-state index is -0.593. The zero-order valence-corrected chi connectivity index (χ0v) is 17.2. The molecule has 0 bridgehead atoms. The fourth-order valence-electron chi connectivity index (χ4n) is 4.35. The second-order valence-electron chi connectivity index (χ2n) is 8.20. The fraction of sp³-hybridized carbons (Fsp3) is 0.478. The lowest BCUT2D eigenvalue weighted by atomic mass is 9.88. The predicted octanol–water partition coefficient (Wildman–Crippen LogP) is 3.52. The fourth-order valence-corrected chi connectivity index (χ4v) is 4.35. The van der Waals surface area contributed by atoms with Gasteiger partial charge in [0.2, 0.25) is 0 Å². The van der Waals surface area contributed by atoms with Crippen LogP contribution in [0.2, 0.25) is 0 Å². The lowest BCUT2D eigenvalue weighted by molar-refractivity contribution is -0.161. The smallest absolute Gasteiger partial charge is 0.256 e. The van der Waals surface area contributed by atoms with Crippen LogP contribution in [0.3, 0.4) is 0 Å². The van der Waals surface area contributed by atoms with Crippen molar-refractivity contribution in [3.8, 4) is 0 Å². The second kappa shape index (κ2) is 8.78. The number of morpholine rings is 1. The number of aromatic nitrogens is 1. The van der Waals surface area contributed by atoms with Gasteiger partial charge in [0.25, 0.3) is 5.91 Å². The van der Waals surface area contributed by atoms with Gasteiger partial charge in [-0.25, -0.2) is 8.78 Å². The number of anilines is 1. The normalized spacial score (nSPS) is 21.9. The molecule has 0 saturated carbocycles. The van der Waals surface area contributed by atoms with Gasteiger partial charge in [0.15, 0.2) is 0 Å². The molecular formula is C23H27F2N3O2. The van der Waals surface area contributed by atoms with E-state index in [1.165, 1.54) is 6.07 Å². The molecule has 1 spiro atoms. The maximum absolute atomic E-state index is 14.3. The highest BCUT2D eigenvalue weighted by Crippen LogP contribution is 2.35. The molecular weight excluding hydrogens is 388 g/mol. The number of ether oxygens (including phenoxy) is 1. The molecule has 30 heavy (non-hydrogen) atoms. The van der Waals surface area contributed by atoms with Crippen molar-refractivity contribution in [3.05, 3.63) is 59.7 Å². The maximum atomic E-state index is 14.3.